The highest BCUT2D eigenvalue weighted by molar-refractivity contribution is 8.00. The molecule has 1 unspecified atom stereocenters. The highest BCUT2D eigenvalue weighted by Crippen LogP contribution is 2.42. The Morgan fingerprint density at radius 3 is 2.50 bits per heavy atom. The summed E-state index contributed by atoms with van der Waals surface area (Å²) in [5.74, 6) is 0. The van der Waals surface area contributed by atoms with E-state index in [4.69, 9.17) is 0 Å². The lowest BCUT2D eigenvalue weighted by Crippen LogP contribution is -2.47. The van der Waals surface area contributed by atoms with E-state index in [1.165, 1.54) is 37.8 Å². The van der Waals surface area contributed by atoms with Crippen LogP contribution in [0.3, 0.4) is 0 Å². The van der Waals surface area contributed by atoms with Gasteiger partial charge in [-0.1, -0.05) is 43.7 Å². The molecule has 1 fully saturated rings. The van der Waals surface area contributed by atoms with Crippen molar-refractivity contribution in [3.05, 3.63) is 35.9 Å². The fourth-order valence-corrected chi connectivity index (χ4v) is 3.54. The molecule has 0 aromatic heterocycles. The largest absolute Gasteiger partial charge is 0.312 e. The molecule has 1 N–H and O–H groups in total. The van der Waals surface area contributed by atoms with Crippen molar-refractivity contribution in [1.82, 2.24) is 5.32 Å². The van der Waals surface area contributed by atoms with Crippen molar-refractivity contribution >= 4 is 11.8 Å². The number of thioether (sulfide) groups is 1. The summed E-state index contributed by atoms with van der Waals surface area (Å²) in [5.41, 5.74) is 1.45. The molecule has 1 aliphatic carbocycles. The van der Waals surface area contributed by atoms with E-state index in [2.05, 4.69) is 60.6 Å². The smallest absolute Gasteiger partial charge is 0.0281 e. The van der Waals surface area contributed by atoms with Crippen LogP contribution in [0.4, 0.5) is 0 Å². The number of rotatable bonds is 7. The van der Waals surface area contributed by atoms with Gasteiger partial charge in [0.25, 0.3) is 0 Å². The molecule has 18 heavy (non-hydrogen) atoms. The van der Waals surface area contributed by atoms with Gasteiger partial charge in [-0.05, 0) is 37.5 Å². The Morgan fingerprint density at radius 2 is 2.00 bits per heavy atom. The van der Waals surface area contributed by atoms with Gasteiger partial charge in [0, 0.05) is 17.3 Å². The van der Waals surface area contributed by atoms with Crippen molar-refractivity contribution in [1.29, 1.82) is 0 Å². The van der Waals surface area contributed by atoms with Gasteiger partial charge in [0.15, 0.2) is 0 Å². The van der Waals surface area contributed by atoms with Gasteiger partial charge in [0.2, 0.25) is 0 Å². The molecule has 1 aromatic rings. The third kappa shape index (κ3) is 3.52. The van der Waals surface area contributed by atoms with E-state index in [1.54, 1.807) is 0 Å². The first-order valence-electron chi connectivity index (χ1n) is 7.10. The number of benzene rings is 1. The maximum absolute atomic E-state index is 3.79. The van der Waals surface area contributed by atoms with Gasteiger partial charge in [-0.15, -0.1) is 0 Å². The van der Waals surface area contributed by atoms with Crippen molar-refractivity contribution in [2.45, 2.75) is 49.8 Å². The van der Waals surface area contributed by atoms with Gasteiger partial charge in [-0.3, -0.25) is 0 Å². The van der Waals surface area contributed by atoms with Crippen LogP contribution < -0.4 is 5.32 Å². The lowest BCUT2D eigenvalue weighted by Gasteiger charge is -2.41. The molecule has 100 valence electrons. The molecule has 1 atom stereocenters. The molecular formula is C16H25NS. The standard InChI is InChI=1S/C16H25NS/c1-3-15(12-14-8-5-4-6-9-14)17-13-16(18-2)10-7-11-16/h4-6,8-9,15,17H,3,7,10-13H2,1-2H3. The third-order valence-electron chi connectivity index (χ3n) is 4.23. The van der Waals surface area contributed by atoms with Gasteiger partial charge in [-0.25, -0.2) is 0 Å². The highest BCUT2D eigenvalue weighted by Gasteiger charge is 2.35. The SMILES string of the molecule is CCC(Cc1ccccc1)NCC1(SC)CCC1. The number of hydrogen-bond donors (Lipinski definition) is 1. The van der Waals surface area contributed by atoms with E-state index in [0.717, 1.165) is 6.42 Å². The molecule has 0 spiro atoms. The Labute approximate surface area is 116 Å². The Kier molecular flexibility index (Phi) is 5.13. The summed E-state index contributed by atoms with van der Waals surface area (Å²) < 4.78 is 0.546. The van der Waals surface area contributed by atoms with E-state index in [0.29, 0.717) is 10.8 Å². The van der Waals surface area contributed by atoms with Crippen molar-refractivity contribution in [3.8, 4) is 0 Å². The minimum absolute atomic E-state index is 0.546. The molecular weight excluding hydrogens is 238 g/mol. The molecule has 0 amide bonds. The monoisotopic (exact) mass is 263 g/mol. The lowest BCUT2D eigenvalue weighted by atomic mass is 9.84. The zero-order valence-electron chi connectivity index (χ0n) is 11.6. The molecule has 0 bridgehead atoms. The Balaban J connectivity index is 1.82. The molecule has 1 nitrogen and oxygen atoms in total. The van der Waals surface area contributed by atoms with Gasteiger partial charge in [0.05, 0.1) is 0 Å². The van der Waals surface area contributed by atoms with Crippen LogP contribution in [-0.2, 0) is 6.42 Å². The van der Waals surface area contributed by atoms with E-state index in [9.17, 15) is 0 Å². The van der Waals surface area contributed by atoms with Gasteiger partial charge >= 0.3 is 0 Å². The Bertz CT molecular complexity index is 340. The van der Waals surface area contributed by atoms with E-state index >= 15 is 0 Å². The topological polar surface area (TPSA) is 12.0 Å². The van der Waals surface area contributed by atoms with Crippen LogP contribution >= 0.6 is 11.8 Å². The first-order valence-corrected chi connectivity index (χ1v) is 8.33. The van der Waals surface area contributed by atoms with Crippen molar-refractivity contribution in [2.75, 3.05) is 12.8 Å². The number of hydrogen-bond acceptors (Lipinski definition) is 2. The molecule has 2 heteroatoms. The lowest BCUT2D eigenvalue weighted by molar-refractivity contribution is 0.326. The normalized spacial score (nSPS) is 19.2. The summed E-state index contributed by atoms with van der Waals surface area (Å²) in [6.45, 7) is 3.46. The van der Waals surface area contributed by atoms with Gasteiger partial charge in [-0.2, -0.15) is 11.8 Å². The van der Waals surface area contributed by atoms with Crippen LogP contribution in [0, 0.1) is 0 Å². The minimum Gasteiger partial charge on any atom is -0.312 e. The molecule has 0 aliphatic heterocycles. The second kappa shape index (κ2) is 6.63. The predicted molar refractivity (Wildman–Crippen MR) is 82.3 cm³/mol. The van der Waals surface area contributed by atoms with Crippen LogP contribution in [0.25, 0.3) is 0 Å². The molecule has 0 saturated heterocycles. The van der Waals surface area contributed by atoms with Crippen molar-refractivity contribution in [3.63, 3.8) is 0 Å². The second-order valence-corrected chi connectivity index (χ2v) is 6.69. The summed E-state index contributed by atoms with van der Waals surface area (Å²) >= 11 is 2.06. The quantitative estimate of drug-likeness (QED) is 0.801. The van der Waals surface area contributed by atoms with Crippen molar-refractivity contribution in [2.24, 2.45) is 0 Å². The molecule has 0 radical (unpaired) electrons. The molecule has 1 aromatic carbocycles. The molecule has 1 saturated carbocycles. The average Bonchev–Trinajstić information content (AvgIpc) is 2.37. The van der Waals surface area contributed by atoms with Crippen LogP contribution in [0.2, 0.25) is 0 Å². The van der Waals surface area contributed by atoms with Crippen LogP contribution in [0.15, 0.2) is 30.3 Å². The zero-order valence-corrected chi connectivity index (χ0v) is 12.4. The molecule has 0 heterocycles. The number of nitrogens with one attached hydrogen (secondary N) is 1. The molecule has 1 aliphatic rings. The maximum Gasteiger partial charge on any atom is 0.0281 e. The maximum atomic E-state index is 3.79. The van der Waals surface area contributed by atoms with Crippen molar-refractivity contribution < 1.29 is 0 Å². The summed E-state index contributed by atoms with van der Waals surface area (Å²) in [5, 5.41) is 3.79. The molecule has 2 rings (SSSR count). The first-order chi connectivity index (χ1) is 8.78. The fraction of sp³-hybridized carbons (Fsp3) is 0.625. The van der Waals surface area contributed by atoms with E-state index in [1.807, 2.05) is 0 Å². The van der Waals surface area contributed by atoms with Crippen LogP contribution in [0.1, 0.15) is 38.2 Å². The summed E-state index contributed by atoms with van der Waals surface area (Å²) in [4.78, 5) is 0. The van der Waals surface area contributed by atoms with Crippen LogP contribution in [0.5, 0.6) is 0 Å². The van der Waals surface area contributed by atoms with E-state index in [-0.39, 0.29) is 0 Å². The first kappa shape index (κ1) is 14.0. The minimum atomic E-state index is 0.546. The summed E-state index contributed by atoms with van der Waals surface area (Å²) in [6, 6.07) is 11.5. The van der Waals surface area contributed by atoms with Gasteiger partial charge in [0.1, 0.15) is 0 Å². The third-order valence-corrected chi connectivity index (χ3v) is 5.65. The van der Waals surface area contributed by atoms with E-state index < -0.39 is 0 Å². The summed E-state index contributed by atoms with van der Waals surface area (Å²) in [7, 11) is 0. The average molecular weight is 263 g/mol. The fourth-order valence-electron chi connectivity index (χ4n) is 2.61. The predicted octanol–water partition coefficient (Wildman–Crippen LogP) is 3.88. The van der Waals surface area contributed by atoms with Gasteiger partial charge < -0.3 is 5.32 Å². The highest BCUT2D eigenvalue weighted by atomic mass is 32.2. The summed E-state index contributed by atoms with van der Waals surface area (Å²) in [6.07, 6.45) is 8.82. The Hall–Kier alpha value is -0.470. The zero-order chi connectivity index (χ0) is 12.8. The second-order valence-electron chi connectivity index (χ2n) is 5.42. The Morgan fingerprint density at radius 1 is 1.28 bits per heavy atom. The van der Waals surface area contributed by atoms with Crippen LogP contribution in [-0.4, -0.2) is 23.6 Å².